The van der Waals surface area contributed by atoms with Gasteiger partial charge in [0.25, 0.3) is 0 Å². The molecule has 11 heteroatoms. The van der Waals surface area contributed by atoms with Crippen molar-refractivity contribution >= 4 is 35.3 Å². The fourth-order valence-electron chi connectivity index (χ4n) is 3.87. The number of carbonyl (C=O) groups excluding carboxylic acids is 2. The van der Waals surface area contributed by atoms with E-state index in [1.54, 1.807) is 18.2 Å². The van der Waals surface area contributed by atoms with Crippen LogP contribution in [0.15, 0.2) is 23.4 Å². The summed E-state index contributed by atoms with van der Waals surface area (Å²) < 4.78 is 12.7. The Labute approximate surface area is 190 Å². The minimum atomic E-state index is -0.596. The predicted octanol–water partition coefficient (Wildman–Crippen LogP) is 3.02. The maximum atomic E-state index is 12.3. The van der Waals surface area contributed by atoms with Gasteiger partial charge in [0.15, 0.2) is 16.7 Å². The van der Waals surface area contributed by atoms with Crippen LogP contribution in [0.2, 0.25) is 0 Å². The van der Waals surface area contributed by atoms with Crippen molar-refractivity contribution in [1.29, 1.82) is 0 Å². The third-order valence-corrected chi connectivity index (χ3v) is 6.78. The summed E-state index contributed by atoms with van der Waals surface area (Å²) in [6.45, 7) is 4.41. The van der Waals surface area contributed by atoms with Crippen LogP contribution in [0.4, 0.5) is 16.4 Å². The molecule has 0 unspecified atom stereocenters. The second-order valence-electron chi connectivity index (χ2n) is 8.41. The van der Waals surface area contributed by atoms with Gasteiger partial charge in [-0.05, 0) is 43.7 Å². The molecular formula is C21H26N6O4S. The van der Waals surface area contributed by atoms with E-state index in [0.29, 0.717) is 23.2 Å². The van der Waals surface area contributed by atoms with E-state index in [1.165, 1.54) is 11.8 Å². The number of ether oxygens (including phenoxy) is 2. The van der Waals surface area contributed by atoms with E-state index in [2.05, 4.69) is 37.2 Å². The quantitative estimate of drug-likeness (QED) is 0.636. The van der Waals surface area contributed by atoms with Crippen molar-refractivity contribution in [3.8, 4) is 11.5 Å². The summed E-state index contributed by atoms with van der Waals surface area (Å²) in [5.41, 5.74) is 0.515. The molecular weight excluding hydrogens is 432 g/mol. The van der Waals surface area contributed by atoms with Crippen molar-refractivity contribution in [2.45, 2.75) is 43.8 Å². The van der Waals surface area contributed by atoms with Crippen molar-refractivity contribution in [2.24, 2.45) is 5.92 Å². The number of piperidine rings is 1. The highest BCUT2D eigenvalue weighted by atomic mass is 32.2. The number of benzene rings is 1. The van der Waals surface area contributed by atoms with Crippen LogP contribution in [0.3, 0.4) is 0 Å². The number of carbonyl (C=O) groups is 2. The molecule has 1 saturated carbocycles. The van der Waals surface area contributed by atoms with Crippen LogP contribution >= 0.6 is 11.8 Å². The van der Waals surface area contributed by atoms with Gasteiger partial charge in [-0.1, -0.05) is 18.7 Å². The molecule has 2 fully saturated rings. The number of nitrogens with one attached hydrogen (secondary N) is 2. The molecule has 0 spiro atoms. The summed E-state index contributed by atoms with van der Waals surface area (Å²) in [5.74, 6) is 2.51. The Kier molecular flexibility index (Phi) is 5.81. The molecule has 0 bridgehead atoms. The SMILES string of the molecule is CC1CCN(c2nnc(SCC(=O)NC(=O)Nc3ccc4c(c3)OCO4)n2C2CC2)CC1. The fraction of sp³-hybridized carbons (Fsp3) is 0.524. The van der Waals surface area contributed by atoms with E-state index >= 15 is 0 Å². The second-order valence-corrected chi connectivity index (χ2v) is 9.35. The maximum absolute atomic E-state index is 12.3. The number of aromatic nitrogens is 3. The molecule has 0 radical (unpaired) electrons. The number of fused-ring (bicyclic) bond motifs is 1. The second kappa shape index (κ2) is 8.89. The smallest absolute Gasteiger partial charge is 0.325 e. The first-order chi connectivity index (χ1) is 15.6. The Balaban J connectivity index is 1.16. The van der Waals surface area contributed by atoms with Crippen molar-refractivity contribution < 1.29 is 19.1 Å². The van der Waals surface area contributed by atoms with Gasteiger partial charge in [0.1, 0.15) is 0 Å². The molecule has 2 aliphatic heterocycles. The first-order valence-corrected chi connectivity index (χ1v) is 11.9. The lowest BCUT2D eigenvalue weighted by atomic mass is 10.00. The Morgan fingerprint density at radius 1 is 1.12 bits per heavy atom. The van der Waals surface area contributed by atoms with E-state index in [0.717, 1.165) is 55.8 Å². The van der Waals surface area contributed by atoms with Gasteiger partial charge < -0.3 is 19.7 Å². The summed E-state index contributed by atoms with van der Waals surface area (Å²) in [6, 6.07) is 4.86. The average Bonchev–Trinajstić information content (AvgIpc) is 3.35. The lowest BCUT2D eigenvalue weighted by Crippen LogP contribution is -2.35. The van der Waals surface area contributed by atoms with Crippen LogP contribution in [0.1, 0.15) is 38.6 Å². The number of hydrogen-bond donors (Lipinski definition) is 2. The Morgan fingerprint density at radius 3 is 2.69 bits per heavy atom. The van der Waals surface area contributed by atoms with Gasteiger partial charge in [-0.25, -0.2) is 4.79 Å². The van der Waals surface area contributed by atoms with Gasteiger partial charge in [-0.15, -0.1) is 10.2 Å². The molecule has 170 valence electrons. The van der Waals surface area contributed by atoms with Crippen molar-refractivity contribution in [2.75, 3.05) is 35.9 Å². The van der Waals surface area contributed by atoms with E-state index < -0.39 is 11.9 Å². The first-order valence-electron chi connectivity index (χ1n) is 10.9. The number of amides is 3. The summed E-state index contributed by atoms with van der Waals surface area (Å²) in [5, 5.41) is 14.5. The van der Waals surface area contributed by atoms with Gasteiger partial charge in [0.2, 0.25) is 18.6 Å². The molecule has 3 amide bonds. The average molecular weight is 459 g/mol. The van der Waals surface area contributed by atoms with Crippen LogP contribution in [-0.4, -0.2) is 52.3 Å². The normalized spacial score (nSPS) is 18.0. The van der Waals surface area contributed by atoms with Crippen LogP contribution in [0.5, 0.6) is 11.5 Å². The van der Waals surface area contributed by atoms with Gasteiger partial charge in [0.05, 0.1) is 5.75 Å². The number of imide groups is 1. The number of thioether (sulfide) groups is 1. The molecule has 2 N–H and O–H groups in total. The summed E-state index contributed by atoms with van der Waals surface area (Å²) in [6.07, 6.45) is 4.52. The van der Waals surface area contributed by atoms with Crippen LogP contribution < -0.4 is 25.0 Å². The van der Waals surface area contributed by atoms with E-state index in [-0.39, 0.29) is 12.5 Å². The number of hydrogen-bond acceptors (Lipinski definition) is 8. The first kappa shape index (κ1) is 20.9. The van der Waals surface area contributed by atoms with E-state index in [1.807, 2.05) is 0 Å². The highest BCUT2D eigenvalue weighted by molar-refractivity contribution is 7.99. The largest absolute Gasteiger partial charge is 0.454 e. The third-order valence-electron chi connectivity index (χ3n) is 5.84. The van der Waals surface area contributed by atoms with Gasteiger partial charge in [0, 0.05) is 30.9 Å². The van der Waals surface area contributed by atoms with Crippen LogP contribution in [0.25, 0.3) is 0 Å². The summed E-state index contributed by atoms with van der Waals surface area (Å²) in [7, 11) is 0. The van der Waals surface area contributed by atoms with Crippen molar-refractivity contribution in [3.63, 3.8) is 0 Å². The Bertz CT molecular complexity index is 1020. The lowest BCUT2D eigenvalue weighted by molar-refractivity contribution is -0.117. The zero-order valence-corrected chi connectivity index (χ0v) is 18.7. The molecule has 2 aromatic rings. The Morgan fingerprint density at radius 2 is 1.91 bits per heavy atom. The maximum Gasteiger partial charge on any atom is 0.325 e. The highest BCUT2D eigenvalue weighted by Gasteiger charge is 2.32. The lowest BCUT2D eigenvalue weighted by Gasteiger charge is -2.31. The molecule has 32 heavy (non-hydrogen) atoms. The molecule has 3 heterocycles. The van der Waals surface area contributed by atoms with E-state index in [4.69, 9.17) is 9.47 Å². The topological polar surface area (TPSA) is 111 Å². The summed E-state index contributed by atoms with van der Waals surface area (Å²) in [4.78, 5) is 26.8. The number of nitrogens with zero attached hydrogens (tertiary/aromatic N) is 4. The number of urea groups is 1. The zero-order valence-electron chi connectivity index (χ0n) is 17.9. The molecule has 1 aromatic carbocycles. The van der Waals surface area contributed by atoms with Gasteiger partial charge in [-0.2, -0.15) is 0 Å². The van der Waals surface area contributed by atoms with Crippen molar-refractivity contribution in [1.82, 2.24) is 20.1 Å². The van der Waals surface area contributed by atoms with Gasteiger partial charge >= 0.3 is 6.03 Å². The van der Waals surface area contributed by atoms with Crippen LogP contribution in [0, 0.1) is 5.92 Å². The standard InChI is InChI=1S/C21H26N6O4S/c1-13-6-8-26(9-7-13)20-24-25-21(27(20)15-3-4-15)32-11-18(28)23-19(29)22-14-2-5-16-17(10-14)31-12-30-16/h2,5,10,13,15H,3-4,6-9,11-12H2,1H3,(H2,22,23,28,29). The molecule has 0 atom stereocenters. The zero-order chi connectivity index (χ0) is 22.1. The molecule has 10 nitrogen and oxygen atoms in total. The highest BCUT2D eigenvalue weighted by Crippen LogP contribution is 2.41. The Hall–Kier alpha value is -2.95. The number of anilines is 2. The monoisotopic (exact) mass is 458 g/mol. The molecule has 1 aliphatic carbocycles. The molecule has 5 rings (SSSR count). The molecule has 1 aromatic heterocycles. The van der Waals surface area contributed by atoms with Crippen molar-refractivity contribution in [3.05, 3.63) is 18.2 Å². The predicted molar refractivity (Wildman–Crippen MR) is 119 cm³/mol. The minimum absolute atomic E-state index is 0.0798. The van der Waals surface area contributed by atoms with Gasteiger partial charge in [-0.3, -0.25) is 14.7 Å². The minimum Gasteiger partial charge on any atom is -0.454 e. The fourth-order valence-corrected chi connectivity index (χ4v) is 4.67. The third kappa shape index (κ3) is 4.62. The molecule has 3 aliphatic rings. The summed E-state index contributed by atoms with van der Waals surface area (Å²) >= 11 is 1.31. The van der Waals surface area contributed by atoms with E-state index in [9.17, 15) is 9.59 Å². The molecule has 1 saturated heterocycles. The number of rotatable bonds is 6. The van der Waals surface area contributed by atoms with Crippen LogP contribution in [-0.2, 0) is 4.79 Å².